The second-order valence-corrected chi connectivity index (χ2v) is 6.53. The highest BCUT2D eigenvalue weighted by atomic mass is 16.5. The van der Waals surface area contributed by atoms with Crippen LogP contribution in [0.25, 0.3) is 0 Å². The summed E-state index contributed by atoms with van der Waals surface area (Å²) in [6, 6.07) is 9.76. The molecule has 1 fully saturated rings. The van der Waals surface area contributed by atoms with Gasteiger partial charge in [0.2, 0.25) is 0 Å². The van der Waals surface area contributed by atoms with Crippen molar-refractivity contribution in [2.75, 3.05) is 27.4 Å². The lowest BCUT2D eigenvalue weighted by Crippen LogP contribution is -2.23. The monoisotopic (exact) mass is 376 g/mol. The molecule has 2 aromatic rings. The molecule has 0 aliphatic carbocycles. The molecule has 7 heteroatoms. The highest BCUT2D eigenvalue weighted by molar-refractivity contribution is 5.44. The number of phenolic OH excluding ortho intramolecular Hbond substituents is 2. The van der Waals surface area contributed by atoms with Crippen LogP contribution in [0.4, 0.5) is 0 Å². The molecule has 0 bridgehead atoms. The van der Waals surface area contributed by atoms with Crippen molar-refractivity contribution < 1.29 is 34.6 Å². The third kappa shape index (κ3) is 3.53. The Morgan fingerprint density at radius 2 is 1.19 bits per heavy atom. The zero-order valence-corrected chi connectivity index (χ0v) is 15.2. The predicted molar refractivity (Wildman–Crippen MR) is 97.0 cm³/mol. The fraction of sp³-hybridized carbons (Fsp3) is 0.400. The maximum atomic E-state index is 9.95. The second kappa shape index (κ2) is 8.04. The first-order valence-electron chi connectivity index (χ1n) is 8.65. The van der Waals surface area contributed by atoms with Gasteiger partial charge in [0, 0.05) is 25.0 Å². The van der Waals surface area contributed by atoms with Crippen LogP contribution in [0.15, 0.2) is 36.4 Å². The Hall–Kier alpha value is -2.48. The summed E-state index contributed by atoms with van der Waals surface area (Å²) in [6.45, 7) is -0.352. The zero-order chi connectivity index (χ0) is 19.6. The van der Waals surface area contributed by atoms with Gasteiger partial charge in [-0.3, -0.25) is 0 Å². The molecule has 1 aliphatic heterocycles. The van der Waals surface area contributed by atoms with Crippen molar-refractivity contribution in [1.29, 1.82) is 0 Å². The fourth-order valence-electron chi connectivity index (χ4n) is 3.66. The molecule has 0 spiro atoms. The van der Waals surface area contributed by atoms with Crippen LogP contribution in [0.3, 0.4) is 0 Å². The highest BCUT2D eigenvalue weighted by Crippen LogP contribution is 2.50. The number of aliphatic hydroxyl groups is 2. The van der Waals surface area contributed by atoms with Gasteiger partial charge in [0.05, 0.1) is 26.4 Å². The van der Waals surface area contributed by atoms with Gasteiger partial charge in [-0.1, -0.05) is 12.1 Å². The largest absolute Gasteiger partial charge is 0.504 e. The van der Waals surface area contributed by atoms with Crippen LogP contribution >= 0.6 is 0 Å². The zero-order valence-electron chi connectivity index (χ0n) is 15.2. The molecule has 0 radical (unpaired) electrons. The maximum absolute atomic E-state index is 9.95. The van der Waals surface area contributed by atoms with Crippen molar-refractivity contribution in [1.82, 2.24) is 0 Å². The topological polar surface area (TPSA) is 109 Å². The molecule has 1 aliphatic rings. The van der Waals surface area contributed by atoms with E-state index in [0.29, 0.717) is 11.5 Å². The summed E-state index contributed by atoms with van der Waals surface area (Å²) in [5.74, 6) is -0.0640. The van der Waals surface area contributed by atoms with E-state index in [4.69, 9.17) is 14.2 Å². The minimum absolute atomic E-state index is 0.0123. The number of hydrogen-bond donors (Lipinski definition) is 4. The van der Waals surface area contributed by atoms with Crippen molar-refractivity contribution >= 4 is 0 Å². The van der Waals surface area contributed by atoms with E-state index in [1.54, 1.807) is 24.3 Å². The molecule has 4 atom stereocenters. The van der Waals surface area contributed by atoms with Crippen LogP contribution < -0.4 is 9.47 Å². The summed E-state index contributed by atoms with van der Waals surface area (Å²) in [5.41, 5.74) is 1.46. The van der Waals surface area contributed by atoms with Gasteiger partial charge in [-0.25, -0.2) is 0 Å². The van der Waals surface area contributed by atoms with E-state index in [1.807, 2.05) is 0 Å². The van der Waals surface area contributed by atoms with E-state index in [0.717, 1.165) is 11.1 Å². The Kier molecular flexibility index (Phi) is 5.74. The Balaban J connectivity index is 1.98. The van der Waals surface area contributed by atoms with Crippen LogP contribution in [0, 0.1) is 11.8 Å². The maximum Gasteiger partial charge on any atom is 0.160 e. The van der Waals surface area contributed by atoms with Crippen LogP contribution in [-0.4, -0.2) is 47.9 Å². The molecule has 1 heterocycles. The van der Waals surface area contributed by atoms with Gasteiger partial charge in [0.1, 0.15) is 0 Å². The number of hydrogen-bond acceptors (Lipinski definition) is 7. The molecule has 4 N–H and O–H groups in total. The van der Waals surface area contributed by atoms with Gasteiger partial charge in [0.15, 0.2) is 23.0 Å². The van der Waals surface area contributed by atoms with Crippen molar-refractivity contribution in [2.24, 2.45) is 11.8 Å². The van der Waals surface area contributed by atoms with E-state index in [2.05, 4.69) is 0 Å². The highest BCUT2D eigenvalue weighted by Gasteiger charge is 2.45. The second-order valence-electron chi connectivity index (χ2n) is 6.53. The van der Waals surface area contributed by atoms with Gasteiger partial charge in [0.25, 0.3) is 0 Å². The van der Waals surface area contributed by atoms with Crippen molar-refractivity contribution in [2.45, 2.75) is 12.2 Å². The Morgan fingerprint density at radius 3 is 1.52 bits per heavy atom. The summed E-state index contributed by atoms with van der Waals surface area (Å²) in [4.78, 5) is 0. The Labute approximate surface area is 157 Å². The molecule has 1 saturated heterocycles. The quantitative estimate of drug-likeness (QED) is 0.612. The first kappa shape index (κ1) is 19.3. The molecule has 3 rings (SSSR count). The summed E-state index contributed by atoms with van der Waals surface area (Å²) in [7, 11) is 2.92. The Bertz CT molecular complexity index is 726. The lowest BCUT2D eigenvalue weighted by Gasteiger charge is -2.21. The van der Waals surface area contributed by atoms with Gasteiger partial charge in [-0.2, -0.15) is 0 Å². The SMILES string of the molecule is COc1cc([C@H]2O[C@H](c3ccc(O)c(OC)c3)[C@@H](CO)[C@H]2CO)ccc1O. The standard InChI is InChI=1S/C20H24O7/c1-25-17-7-11(3-5-15(17)23)19-13(9-21)14(10-22)20(27-19)12-4-6-16(24)18(8-12)26-2/h3-8,13-14,19-24H,9-10H2,1-2H3/t13-,14+,19-,20-/m1/s1. The molecule has 2 aromatic carbocycles. The number of aliphatic hydroxyl groups excluding tert-OH is 2. The average Bonchev–Trinajstić information content (AvgIpc) is 3.07. The van der Waals surface area contributed by atoms with Crippen molar-refractivity contribution in [3.8, 4) is 23.0 Å². The number of methoxy groups -OCH3 is 2. The van der Waals surface area contributed by atoms with E-state index in [1.165, 1.54) is 26.4 Å². The molecule has 7 nitrogen and oxygen atoms in total. The minimum Gasteiger partial charge on any atom is -0.504 e. The first-order valence-corrected chi connectivity index (χ1v) is 8.65. The predicted octanol–water partition coefficient (Wildman–Crippen LogP) is 2.14. The number of ether oxygens (including phenoxy) is 3. The number of aromatic hydroxyl groups is 2. The minimum atomic E-state index is -0.494. The first-order chi connectivity index (χ1) is 13.0. The summed E-state index contributed by atoms with van der Waals surface area (Å²) in [6.07, 6.45) is -0.988. The molecule has 0 amide bonds. The number of rotatable bonds is 6. The van der Waals surface area contributed by atoms with Crippen LogP contribution in [0.5, 0.6) is 23.0 Å². The van der Waals surface area contributed by atoms with E-state index in [9.17, 15) is 20.4 Å². The lowest BCUT2D eigenvalue weighted by atomic mass is 9.83. The summed E-state index contributed by atoms with van der Waals surface area (Å²) < 4.78 is 16.5. The number of phenols is 2. The van der Waals surface area contributed by atoms with Crippen LogP contribution in [0.2, 0.25) is 0 Å². The van der Waals surface area contributed by atoms with Crippen molar-refractivity contribution in [3.63, 3.8) is 0 Å². The number of benzene rings is 2. The molecule has 0 saturated carbocycles. The van der Waals surface area contributed by atoms with Gasteiger partial charge >= 0.3 is 0 Å². The van der Waals surface area contributed by atoms with E-state index >= 15 is 0 Å². The smallest absolute Gasteiger partial charge is 0.160 e. The summed E-state index contributed by atoms with van der Waals surface area (Å²) in [5, 5.41) is 39.5. The van der Waals surface area contributed by atoms with Crippen LogP contribution in [0.1, 0.15) is 23.3 Å². The average molecular weight is 376 g/mol. The summed E-state index contributed by atoms with van der Waals surface area (Å²) >= 11 is 0. The van der Waals surface area contributed by atoms with Gasteiger partial charge < -0.3 is 34.6 Å². The molecular weight excluding hydrogens is 352 g/mol. The van der Waals surface area contributed by atoms with E-state index in [-0.39, 0.29) is 36.5 Å². The van der Waals surface area contributed by atoms with Crippen LogP contribution in [-0.2, 0) is 4.74 Å². The molecule has 0 unspecified atom stereocenters. The third-order valence-electron chi connectivity index (χ3n) is 5.11. The van der Waals surface area contributed by atoms with E-state index < -0.39 is 12.2 Å². The molecule has 0 aromatic heterocycles. The molecule has 146 valence electrons. The fourth-order valence-corrected chi connectivity index (χ4v) is 3.66. The normalized spacial score (nSPS) is 24.7. The molecular formula is C20H24O7. The lowest BCUT2D eigenvalue weighted by molar-refractivity contribution is 0.0183. The van der Waals surface area contributed by atoms with Gasteiger partial charge in [-0.05, 0) is 35.4 Å². The van der Waals surface area contributed by atoms with Crippen molar-refractivity contribution in [3.05, 3.63) is 47.5 Å². The molecule has 27 heavy (non-hydrogen) atoms. The van der Waals surface area contributed by atoms with Gasteiger partial charge in [-0.15, -0.1) is 0 Å². The Morgan fingerprint density at radius 1 is 0.778 bits per heavy atom. The third-order valence-corrected chi connectivity index (χ3v) is 5.11.